The van der Waals surface area contributed by atoms with Crippen molar-refractivity contribution in [3.63, 3.8) is 0 Å². The Balaban J connectivity index is 2.63. The molecule has 3 heteroatoms. The molecule has 3 nitrogen and oxygen atoms in total. The van der Waals surface area contributed by atoms with Crippen LogP contribution in [-0.2, 0) is 6.42 Å². The average Bonchev–Trinajstić information content (AvgIpc) is 2.18. The first kappa shape index (κ1) is 9.06. The number of anilines is 2. The van der Waals surface area contributed by atoms with Crippen molar-refractivity contribution in [3.05, 3.63) is 23.3 Å². The maximum atomic E-state index is 11.7. The standard InChI is InChI=1S/C11H14N2O/c1-13-9-6-5-8(12)11-7(9)3-2-4-10(11)14/h5-6,13H,2-4,12H2,1H3. The van der Waals surface area contributed by atoms with Gasteiger partial charge in [-0.15, -0.1) is 0 Å². The molecule has 3 N–H and O–H groups in total. The van der Waals surface area contributed by atoms with Crippen LogP contribution in [0.15, 0.2) is 12.1 Å². The number of nitrogens with one attached hydrogen (secondary N) is 1. The van der Waals surface area contributed by atoms with Crippen LogP contribution in [0, 0.1) is 0 Å². The van der Waals surface area contributed by atoms with Crippen LogP contribution in [0.25, 0.3) is 0 Å². The first-order chi connectivity index (χ1) is 6.74. The smallest absolute Gasteiger partial charge is 0.165 e. The monoisotopic (exact) mass is 190 g/mol. The van der Waals surface area contributed by atoms with Crippen LogP contribution in [0.4, 0.5) is 11.4 Å². The summed E-state index contributed by atoms with van der Waals surface area (Å²) in [7, 11) is 1.87. The van der Waals surface area contributed by atoms with Gasteiger partial charge in [0.15, 0.2) is 5.78 Å². The van der Waals surface area contributed by atoms with E-state index in [1.807, 2.05) is 13.1 Å². The average molecular weight is 190 g/mol. The van der Waals surface area contributed by atoms with Gasteiger partial charge in [-0.1, -0.05) is 0 Å². The fourth-order valence-corrected chi connectivity index (χ4v) is 2.04. The minimum absolute atomic E-state index is 0.181. The summed E-state index contributed by atoms with van der Waals surface area (Å²) < 4.78 is 0. The van der Waals surface area contributed by atoms with Crippen LogP contribution in [0.2, 0.25) is 0 Å². The topological polar surface area (TPSA) is 55.1 Å². The lowest BCUT2D eigenvalue weighted by atomic mass is 9.88. The molecule has 14 heavy (non-hydrogen) atoms. The molecule has 1 aromatic carbocycles. The number of nitrogen functional groups attached to an aromatic ring is 1. The second-order valence-corrected chi connectivity index (χ2v) is 3.58. The summed E-state index contributed by atoms with van der Waals surface area (Å²) in [6.45, 7) is 0. The second kappa shape index (κ2) is 3.33. The molecular formula is C11H14N2O. The molecule has 0 amide bonds. The Kier molecular flexibility index (Phi) is 2.15. The highest BCUT2D eigenvalue weighted by atomic mass is 16.1. The maximum absolute atomic E-state index is 11.7. The summed E-state index contributed by atoms with van der Waals surface area (Å²) in [5, 5.41) is 3.10. The molecule has 74 valence electrons. The fraction of sp³-hybridized carbons (Fsp3) is 0.364. The van der Waals surface area contributed by atoms with E-state index in [1.54, 1.807) is 6.07 Å². The highest BCUT2D eigenvalue weighted by Gasteiger charge is 2.21. The SMILES string of the molecule is CNc1ccc(N)c2c1CCCC2=O. The predicted octanol–water partition coefficient (Wildman–Crippen LogP) is 1.83. The van der Waals surface area contributed by atoms with Gasteiger partial charge in [0.05, 0.1) is 0 Å². The maximum Gasteiger partial charge on any atom is 0.165 e. The third kappa shape index (κ3) is 1.25. The van der Waals surface area contributed by atoms with Crippen molar-refractivity contribution in [3.8, 4) is 0 Å². The number of carbonyl (C=O) groups is 1. The summed E-state index contributed by atoms with van der Waals surface area (Å²) in [4.78, 5) is 11.7. The minimum Gasteiger partial charge on any atom is -0.398 e. The molecule has 0 heterocycles. The highest BCUT2D eigenvalue weighted by Crippen LogP contribution is 2.31. The van der Waals surface area contributed by atoms with Gasteiger partial charge in [-0.2, -0.15) is 0 Å². The molecule has 1 aliphatic rings. The van der Waals surface area contributed by atoms with E-state index in [4.69, 9.17) is 5.73 Å². The highest BCUT2D eigenvalue weighted by molar-refractivity contribution is 6.04. The van der Waals surface area contributed by atoms with Gasteiger partial charge in [-0.05, 0) is 30.5 Å². The zero-order chi connectivity index (χ0) is 10.1. The second-order valence-electron chi connectivity index (χ2n) is 3.58. The van der Waals surface area contributed by atoms with E-state index in [2.05, 4.69) is 5.32 Å². The van der Waals surface area contributed by atoms with Gasteiger partial charge in [0.2, 0.25) is 0 Å². The van der Waals surface area contributed by atoms with Crippen LogP contribution >= 0.6 is 0 Å². The van der Waals surface area contributed by atoms with E-state index in [1.165, 1.54) is 0 Å². The zero-order valence-corrected chi connectivity index (χ0v) is 8.26. The first-order valence-corrected chi connectivity index (χ1v) is 4.86. The zero-order valence-electron chi connectivity index (χ0n) is 8.26. The first-order valence-electron chi connectivity index (χ1n) is 4.86. The number of ketones is 1. The van der Waals surface area contributed by atoms with Crippen LogP contribution in [-0.4, -0.2) is 12.8 Å². The van der Waals surface area contributed by atoms with Gasteiger partial charge in [0.1, 0.15) is 0 Å². The fourth-order valence-electron chi connectivity index (χ4n) is 2.04. The number of nitrogens with two attached hydrogens (primary N) is 1. The van der Waals surface area contributed by atoms with Crippen molar-refractivity contribution >= 4 is 17.2 Å². The number of fused-ring (bicyclic) bond motifs is 1. The lowest BCUT2D eigenvalue weighted by molar-refractivity contribution is 0.0973. The van der Waals surface area contributed by atoms with Crippen molar-refractivity contribution < 1.29 is 4.79 Å². The van der Waals surface area contributed by atoms with E-state index in [0.717, 1.165) is 29.7 Å². The Morgan fingerprint density at radius 1 is 1.36 bits per heavy atom. The number of benzene rings is 1. The summed E-state index contributed by atoms with van der Waals surface area (Å²) in [5.74, 6) is 0.181. The quantitative estimate of drug-likeness (QED) is 0.664. The summed E-state index contributed by atoms with van der Waals surface area (Å²) in [5.41, 5.74) is 9.28. The van der Waals surface area contributed by atoms with Gasteiger partial charge in [0.25, 0.3) is 0 Å². The number of hydrogen-bond acceptors (Lipinski definition) is 3. The summed E-state index contributed by atoms with van der Waals surface area (Å²) >= 11 is 0. The third-order valence-corrected chi connectivity index (χ3v) is 2.72. The number of carbonyl (C=O) groups excluding carboxylic acids is 1. The van der Waals surface area contributed by atoms with Gasteiger partial charge in [0, 0.05) is 30.4 Å². The van der Waals surface area contributed by atoms with Gasteiger partial charge >= 0.3 is 0 Å². The molecule has 1 aliphatic carbocycles. The molecule has 0 radical (unpaired) electrons. The van der Waals surface area contributed by atoms with Crippen LogP contribution in [0.5, 0.6) is 0 Å². The van der Waals surface area contributed by atoms with Crippen LogP contribution in [0.1, 0.15) is 28.8 Å². The molecule has 1 aromatic rings. The van der Waals surface area contributed by atoms with Crippen LogP contribution in [0.3, 0.4) is 0 Å². The Bertz CT molecular complexity index is 385. The number of rotatable bonds is 1. The van der Waals surface area contributed by atoms with Gasteiger partial charge in [-0.3, -0.25) is 4.79 Å². The molecule has 0 unspecified atom stereocenters. The van der Waals surface area contributed by atoms with Crippen molar-refractivity contribution in [1.29, 1.82) is 0 Å². The van der Waals surface area contributed by atoms with Gasteiger partial charge in [-0.25, -0.2) is 0 Å². The van der Waals surface area contributed by atoms with E-state index in [-0.39, 0.29) is 5.78 Å². The molecule has 0 fully saturated rings. The van der Waals surface area contributed by atoms with Crippen molar-refractivity contribution in [2.24, 2.45) is 0 Å². The lowest BCUT2D eigenvalue weighted by Crippen LogP contribution is -2.15. The van der Waals surface area contributed by atoms with Crippen LogP contribution < -0.4 is 11.1 Å². The molecule has 0 atom stereocenters. The minimum atomic E-state index is 0.181. The van der Waals surface area contributed by atoms with E-state index < -0.39 is 0 Å². The molecule has 0 aromatic heterocycles. The third-order valence-electron chi connectivity index (χ3n) is 2.72. The number of hydrogen-bond donors (Lipinski definition) is 2. The summed E-state index contributed by atoms with van der Waals surface area (Å²) in [6, 6.07) is 3.74. The van der Waals surface area contributed by atoms with Crippen molar-refractivity contribution in [2.45, 2.75) is 19.3 Å². The predicted molar refractivity (Wildman–Crippen MR) is 57.7 cm³/mol. The van der Waals surface area contributed by atoms with E-state index in [9.17, 15) is 4.79 Å². The summed E-state index contributed by atoms with van der Waals surface area (Å²) in [6.07, 6.45) is 2.51. The Morgan fingerprint density at radius 3 is 2.86 bits per heavy atom. The van der Waals surface area contributed by atoms with Gasteiger partial charge < -0.3 is 11.1 Å². The van der Waals surface area contributed by atoms with E-state index in [0.29, 0.717) is 12.1 Å². The molecule has 2 rings (SSSR count). The Morgan fingerprint density at radius 2 is 2.14 bits per heavy atom. The largest absolute Gasteiger partial charge is 0.398 e. The normalized spacial score (nSPS) is 15.1. The molecule has 0 aliphatic heterocycles. The molecular weight excluding hydrogens is 176 g/mol. The lowest BCUT2D eigenvalue weighted by Gasteiger charge is -2.19. The van der Waals surface area contributed by atoms with Crippen molar-refractivity contribution in [1.82, 2.24) is 0 Å². The molecule has 0 bridgehead atoms. The Labute approximate surface area is 83.3 Å². The van der Waals surface area contributed by atoms with Crippen molar-refractivity contribution in [2.75, 3.05) is 18.1 Å². The van der Waals surface area contributed by atoms with E-state index >= 15 is 0 Å². The number of Topliss-reactive ketones (excluding diaryl/α,β-unsaturated/α-hetero) is 1. The molecule has 0 spiro atoms. The molecule has 0 saturated carbocycles. The molecule has 0 saturated heterocycles. The Hall–Kier alpha value is -1.51.